The summed E-state index contributed by atoms with van der Waals surface area (Å²) < 4.78 is 11.4. The number of likely N-dealkylation sites (tertiary alicyclic amines) is 1. The van der Waals surface area contributed by atoms with Gasteiger partial charge < -0.3 is 14.3 Å². The van der Waals surface area contributed by atoms with Crippen molar-refractivity contribution in [1.82, 2.24) is 4.90 Å². The van der Waals surface area contributed by atoms with E-state index in [1.807, 2.05) is 33.9 Å². The van der Waals surface area contributed by atoms with Crippen LogP contribution in [0.5, 0.6) is 0 Å². The molecule has 1 amide bonds. The van der Waals surface area contributed by atoms with Crippen molar-refractivity contribution in [2.24, 2.45) is 11.3 Å². The zero-order valence-electron chi connectivity index (χ0n) is 15.6. The Morgan fingerprint density at radius 1 is 1.17 bits per heavy atom. The number of hydrogen-bond acceptors (Lipinski definition) is 4. The molecule has 6 nitrogen and oxygen atoms in total. The van der Waals surface area contributed by atoms with Gasteiger partial charge in [-0.2, -0.15) is 0 Å². The summed E-state index contributed by atoms with van der Waals surface area (Å²) in [6.07, 6.45) is -0.0443. The van der Waals surface area contributed by atoms with E-state index >= 15 is 0 Å². The summed E-state index contributed by atoms with van der Waals surface area (Å²) in [6.45, 7) is 15.4. The van der Waals surface area contributed by atoms with E-state index in [9.17, 15) is 14.7 Å². The Labute approximate surface area is 140 Å². The number of carbonyl (C=O) groups excluding carboxylic acids is 1. The van der Waals surface area contributed by atoms with Crippen LogP contribution < -0.4 is 0 Å². The lowest BCUT2D eigenvalue weighted by Crippen LogP contribution is -2.62. The largest absolute Gasteiger partial charge is 0.478 e. The number of aliphatic carboxylic acids is 1. The molecule has 0 saturated carbocycles. The number of carboxylic acid groups (broad SMARTS) is 1. The Morgan fingerprint density at radius 2 is 1.70 bits per heavy atom. The number of carbonyl (C=O) groups is 2. The molecule has 0 unspecified atom stereocenters. The number of rotatable bonds is 3. The summed E-state index contributed by atoms with van der Waals surface area (Å²) in [4.78, 5) is 26.1. The highest BCUT2D eigenvalue weighted by Crippen LogP contribution is 2.47. The minimum absolute atomic E-state index is 0.296. The van der Waals surface area contributed by atoms with E-state index < -0.39 is 32.4 Å². The van der Waals surface area contributed by atoms with Crippen molar-refractivity contribution in [3.63, 3.8) is 0 Å². The minimum Gasteiger partial charge on any atom is -0.478 e. The lowest BCUT2D eigenvalue weighted by molar-refractivity contribution is -0.182. The molecule has 0 aromatic heterocycles. The maximum absolute atomic E-state index is 12.6. The summed E-state index contributed by atoms with van der Waals surface area (Å²) in [5, 5.41) is 10.0. The van der Waals surface area contributed by atoms with Crippen molar-refractivity contribution in [3.05, 3.63) is 0 Å². The molecule has 0 aliphatic carbocycles. The molecule has 1 rings (SSSR count). The van der Waals surface area contributed by atoms with Gasteiger partial charge in [0.05, 0.1) is 0 Å². The van der Waals surface area contributed by atoms with E-state index in [1.54, 1.807) is 20.8 Å². The van der Waals surface area contributed by atoms with Crippen LogP contribution in [0.2, 0.25) is 13.1 Å². The zero-order valence-corrected chi connectivity index (χ0v) is 16.8. The monoisotopic (exact) mass is 345 g/mol. The van der Waals surface area contributed by atoms with Gasteiger partial charge in [-0.1, -0.05) is 20.8 Å². The van der Waals surface area contributed by atoms with Crippen LogP contribution >= 0.6 is 0 Å². The third-order valence-electron chi connectivity index (χ3n) is 3.90. The predicted octanol–water partition coefficient (Wildman–Crippen LogP) is 3.07. The Morgan fingerprint density at radius 3 is 2.04 bits per heavy atom. The molecule has 0 bridgehead atoms. The molecule has 0 aromatic rings. The van der Waals surface area contributed by atoms with Gasteiger partial charge >= 0.3 is 12.1 Å². The molecule has 0 spiro atoms. The first-order valence-electron chi connectivity index (χ1n) is 8.13. The van der Waals surface area contributed by atoms with E-state index in [4.69, 9.17) is 9.16 Å². The van der Waals surface area contributed by atoms with Crippen molar-refractivity contribution in [1.29, 1.82) is 0 Å². The first kappa shape index (κ1) is 20.0. The van der Waals surface area contributed by atoms with Crippen LogP contribution in [0, 0.1) is 11.3 Å². The third-order valence-corrected chi connectivity index (χ3v) is 4.73. The number of hydrogen-bond donors (Lipinski definition) is 1. The Bertz CT molecular complexity index is 466. The third kappa shape index (κ3) is 4.26. The van der Waals surface area contributed by atoms with Crippen LogP contribution in [-0.2, 0) is 14.0 Å². The number of amides is 1. The van der Waals surface area contributed by atoms with Crippen molar-refractivity contribution < 1.29 is 23.9 Å². The molecule has 1 N–H and O–H groups in total. The average molecular weight is 346 g/mol. The quantitative estimate of drug-likeness (QED) is 0.796. The molecule has 2 atom stereocenters. The van der Waals surface area contributed by atoms with Crippen LogP contribution in [0.4, 0.5) is 4.79 Å². The average Bonchev–Trinajstić information content (AvgIpc) is 2.65. The van der Waals surface area contributed by atoms with Gasteiger partial charge in [-0.05, 0) is 45.7 Å². The highest BCUT2D eigenvalue weighted by Gasteiger charge is 2.62. The van der Waals surface area contributed by atoms with Crippen LogP contribution in [0.15, 0.2) is 0 Å². The zero-order chi connectivity index (χ0) is 18.2. The maximum atomic E-state index is 12.6. The lowest BCUT2D eigenvalue weighted by atomic mass is 9.74. The Balaban J connectivity index is 3.33. The van der Waals surface area contributed by atoms with E-state index in [-0.39, 0.29) is 11.3 Å². The highest BCUT2D eigenvalue weighted by atomic mass is 28.3. The van der Waals surface area contributed by atoms with Crippen molar-refractivity contribution in [2.75, 3.05) is 6.54 Å². The normalized spacial score (nSPS) is 25.8. The van der Waals surface area contributed by atoms with Crippen molar-refractivity contribution in [2.45, 2.75) is 72.4 Å². The summed E-state index contributed by atoms with van der Waals surface area (Å²) in [7, 11) is -1.72. The minimum atomic E-state index is -1.72. The fourth-order valence-electron chi connectivity index (χ4n) is 3.19. The molecule has 0 aromatic carbocycles. The van der Waals surface area contributed by atoms with Gasteiger partial charge in [-0.15, -0.1) is 0 Å². The first-order valence-corrected chi connectivity index (χ1v) is 10.9. The fourth-order valence-corrected chi connectivity index (χ4v) is 4.30. The molecule has 0 radical (unpaired) electrons. The Kier molecular flexibility index (Phi) is 5.58. The van der Waals surface area contributed by atoms with Crippen LogP contribution in [-0.4, -0.2) is 49.0 Å². The van der Waals surface area contributed by atoms with E-state index in [0.29, 0.717) is 13.0 Å². The second-order valence-corrected chi connectivity index (χ2v) is 10.8. The lowest BCUT2D eigenvalue weighted by Gasteiger charge is -2.44. The summed E-state index contributed by atoms with van der Waals surface area (Å²) in [6, 6.07) is 0. The SMILES string of the molecule is C[SiH](C)O[C@@]1(C(=O)O)[C@@H](C(C)(C)C)CCN1C(=O)OC(C)(C)C. The number of ether oxygens (including phenoxy) is 1. The highest BCUT2D eigenvalue weighted by molar-refractivity contribution is 6.48. The summed E-state index contributed by atoms with van der Waals surface area (Å²) in [5.74, 6) is -1.41. The molecule has 23 heavy (non-hydrogen) atoms. The van der Waals surface area contributed by atoms with Crippen LogP contribution in [0.1, 0.15) is 48.0 Å². The van der Waals surface area contributed by atoms with Gasteiger partial charge in [0.2, 0.25) is 5.72 Å². The summed E-state index contributed by atoms with van der Waals surface area (Å²) in [5.41, 5.74) is -2.63. The Hall–Kier alpha value is -1.08. The second kappa shape index (κ2) is 6.43. The number of carboxylic acids is 1. The van der Waals surface area contributed by atoms with Gasteiger partial charge in [0, 0.05) is 12.5 Å². The molecule has 1 heterocycles. The van der Waals surface area contributed by atoms with E-state index in [1.165, 1.54) is 4.90 Å². The van der Waals surface area contributed by atoms with Crippen LogP contribution in [0.25, 0.3) is 0 Å². The molecule has 134 valence electrons. The molecular formula is C16H31NO5Si. The predicted molar refractivity (Wildman–Crippen MR) is 90.8 cm³/mol. The van der Waals surface area contributed by atoms with Gasteiger partial charge in [0.1, 0.15) is 5.60 Å². The van der Waals surface area contributed by atoms with Gasteiger partial charge in [0.15, 0.2) is 9.04 Å². The van der Waals surface area contributed by atoms with Crippen molar-refractivity contribution >= 4 is 21.1 Å². The molecule has 7 heteroatoms. The first-order chi connectivity index (χ1) is 10.2. The number of nitrogens with zero attached hydrogens (tertiary/aromatic N) is 1. The van der Waals surface area contributed by atoms with Gasteiger partial charge in [0.25, 0.3) is 0 Å². The topological polar surface area (TPSA) is 76.1 Å². The van der Waals surface area contributed by atoms with Gasteiger partial charge in [-0.3, -0.25) is 4.90 Å². The molecule has 1 aliphatic rings. The smallest absolute Gasteiger partial charge is 0.413 e. The standard InChI is InChI=1S/C16H31NO5Si/c1-14(2,3)11-9-10-17(13(20)21-15(4,5)6)16(11,12(18)19)22-23(7)8/h11,23H,9-10H2,1-8H3,(H,18,19)/t11-,16-/m1/s1. The van der Waals surface area contributed by atoms with E-state index in [0.717, 1.165) is 0 Å². The van der Waals surface area contributed by atoms with Crippen LogP contribution in [0.3, 0.4) is 0 Å². The molecular weight excluding hydrogens is 314 g/mol. The summed E-state index contributed by atoms with van der Waals surface area (Å²) >= 11 is 0. The van der Waals surface area contributed by atoms with Gasteiger partial charge in [-0.25, -0.2) is 9.59 Å². The molecule has 1 saturated heterocycles. The molecule has 1 fully saturated rings. The van der Waals surface area contributed by atoms with Crippen molar-refractivity contribution in [3.8, 4) is 0 Å². The second-order valence-electron chi connectivity index (χ2n) is 8.51. The van der Waals surface area contributed by atoms with E-state index in [2.05, 4.69) is 0 Å². The molecule has 1 aliphatic heterocycles. The fraction of sp³-hybridized carbons (Fsp3) is 0.875. The maximum Gasteiger partial charge on any atom is 0.413 e.